The lowest BCUT2D eigenvalue weighted by Crippen LogP contribution is -2.43. The third-order valence-electron chi connectivity index (χ3n) is 9.98. The molecule has 2 fully saturated rings. The number of hydrogen-bond acceptors (Lipinski definition) is 9. The van der Waals surface area contributed by atoms with Gasteiger partial charge in [0, 0.05) is 50.3 Å². The van der Waals surface area contributed by atoms with E-state index in [2.05, 4.69) is 28.4 Å². The summed E-state index contributed by atoms with van der Waals surface area (Å²) in [7, 11) is 3.32. The van der Waals surface area contributed by atoms with E-state index in [-0.39, 0.29) is 30.5 Å². The van der Waals surface area contributed by atoms with Gasteiger partial charge in [0.1, 0.15) is 12.4 Å². The highest BCUT2D eigenvalue weighted by Crippen LogP contribution is 2.45. The average Bonchev–Trinajstić information content (AvgIpc) is 3.75. The summed E-state index contributed by atoms with van der Waals surface area (Å²) in [6.07, 6.45) is -3.72. The molecule has 0 bridgehead atoms. The SMILES string of the molecule is C=C1CN2CCCC2(COc2nc3c(c(N4CCn5nc(C(=O)N(C)C)cc5C4)n2)COC(c2c(F)c(N)cc(C#CC)c2C(F)(F)F)C3)C1. The highest BCUT2D eigenvalue weighted by Gasteiger charge is 2.47. The van der Waals surface area contributed by atoms with Gasteiger partial charge in [0.2, 0.25) is 0 Å². The van der Waals surface area contributed by atoms with Crippen LogP contribution in [0.3, 0.4) is 0 Å². The number of alkyl halides is 3. The Morgan fingerprint density at radius 2 is 2.02 bits per heavy atom. The standard InChI is InChI=1S/C35H38F4N8O3/c1-5-7-21-12-24(40)30(36)28(29(21)35(37,38)39)27-14-25-23(18-49-27)31(45-10-11-47-22(17-45)13-26(43-47)32(48)44(3)4)42-33(41-25)50-19-34-8-6-9-46(34)16-20(2)15-34/h12-13,27H,2,6,8-11,14-19,40H2,1,3-4H3. The van der Waals surface area contributed by atoms with Gasteiger partial charge in [-0.3, -0.25) is 14.4 Å². The maximum absolute atomic E-state index is 15.7. The van der Waals surface area contributed by atoms with Crippen LogP contribution < -0.4 is 15.4 Å². The number of nitrogens with two attached hydrogens (primary N) is 1. The molecule has 6 heterocycles. The van der Waals surface area contributed by atoms with Gasteiger partial charge in [-0.1, -0.05) is 18.1 Å². The van der Waals surface area contributed by atoms with Gasteiger partial charge < -0.3 is 25.0 Å². The summed E-state index contributed by atoms with van der Waals surface area (Å²) in [5.41, 5.74) is 6.05. The predicted molar refractivity (Wildman–Crippen MR) is 176 cm³/mol. The van der Waals surface area contributed by atoms with Gasteiger partial charge in [0.05, 0.1) is 54.0 Å². The number of carbonyl (C=O) groups is 1. The molecule has 15 heteroatoms. The minimum atomic E-state index is -4.93. The Morgan fingerprint density at radius 3 is 2.76 bits per heavy atom. The van der Waals surface area contributed by atoms with Gasteiger partial charge in [-0.25, -0.2) is 4.39 Å². The molecule has 0 radical (unpaired) electrons. The molecule has 264 valence electrons. The van der Waals surface area contributed by atoms with Gasteiger partial charge >= 0.3 is 12.2 Å². The number of anilines is 2. The van der Waals surface area contributed by atoms with Crippen LogP contribution in [0.15, 0.2) is 24.3 Å². The van der Waals surface area contributed by atoms with Crippen LogP contribution in [0.4, 0.5) is 29.1 Å². The molecule has 2 atom stereocenters. The summed E-state index contributed by atoms with van der Waals surface area (Å²) in [5, 5.41) is 4.48. The second kappa shape index (κ2) is 12.6. The topological polar surface area (TPSA) is 115 Å². The molecule has 50 heavy (non-hydrogen) atoms. The molecule has 1 aromatic carbocycles. The summed E-state index contributed by atoms with van der Waals surface area (Å²) >= 11 is 0. The molecule has 2 saturated heterocycles. The van der Waals surface area contributed by atoms with Gasteiger partial charge in [0.15, 0.2) is 11.5 Å². The molecule has 11 nitrogen and oxygen atoms in total. The molecule has 0 saturated carbocycles. The molecule has 4 aliphatic rings. The van der Waals surface area contributed by atoms with Crippen molar-refractivity contribution in [3.8, 4) is 17.9 Å². The van der Waals surface area contributed by atoms with Crippen LogP contribution in [0, 0.1) is 17.7 Å². The largest absolute Gasteiger partial charge is 0.461 e. The van der Waals surface area contributed by atoms with Crippen LogP contribution in [0.5, 0.6) is 6.01 Å². The molecule has 2 N–H and O–H groups in total. The van der Waals surface area contributed by atoms with E-state index in [9.17, 15) is 18.0 Å². The van der Waals surface area contributed by atoms with Gasteiger partial charge in [-0.05, 0) is 44.9 Å². The van der Waals surface area contributed by atoms with E-state index in [1.807, 2.05) is 4.90 Å². The number of aromatic nitrogens is 4. The van der Waals surface area contributed by atoms with E-state index < -0.39 is 40.5 Å². The third-order valence-corrected chi connectivity index (χ3v) is 9.98. The maximum atomic E-state index is 15.7. The van der Waals surface area contributed by atoms with Crippen LogP contribution in [0.25, 0.3) is 0 Å². The molecular weight excluding hydrogens is 656 g/mol. The maximum Gasteiger partial charge on any atom is 0.418 e. The number of nitrogens with zero attached hydrogens (tertiary/aromatic N) is 7. The third kappa shape index (κ3) is 5.94. The van der Waals surface area contributed by atoms with Crippen molar-refractivity contribution in [2.24, 2.45) is 0 Å². The molecule has 2 unspecified atom stereocenters. The minimum absolute atomic E-state index is 0.0716. The van der Waals surface area contributed by atoms with Crippen LogP contribution >= 0.6 is 0 Å². The van der Waals surface area contributed by atoms with E-state index in [1.54, 1.807) is 24.8 Å². The van der Waals surface area contributed by atoms with E-state index >= 15 is 4.39 Å². The number of halogens is 4. The highest BCUT2D eigenvalue weighted by atomic mass is 19.4. The zero-order chi connectivity index (χ0) is 35.5. The molecular formula is C35H38F4N8O3. The summed E-state index contributed by atoms with van der Waals surface area (Å²) < 4.78 is 73.4. The summed E-state index contributed by atoms with van der Waals surface area (Å²) in [6, 6.07) is 2.72. The molecule has 0 aliphatic carbocycles. The van der Waals surface area contributed by atoms with Crippen LogP contribution in [0.2, 0.25) is 0 Å². The number of carbonyl (C=O) groups excluding carboxylic acids is 1. The Hall–Kier alpha value is -4.68. The number of benzene rings is 1. The second-order valence-electron chi connectivity index (χ2n) is 13.6. The van der Waals surface area contributed by atoms with Crippen molar-refractivity contribution in [3.63, 3.8) is 0 Å². The fraction of sp³-hybridized carbons (Fsp3) is 0.486. The zero-order valence-electron chi connectivity index (χ0n) is 28.2. The first kappa shape index (κ1) is 33.8. The Labute approximate surface area is 287 Å². The van der Waals surface area contributed by atoms with E-state index in [1.165, 1.54) is 11.8 Å². The monoisotopic (exact) mass is 694 g/mol. The van der Waals surface area contributed by atoms with Gasteiger partial charge in [-0.2, -0.15) is 28.2 Å². The fourth-order valence-corrected chi connectivity index (χ4v) is 7.71. The van der Waals surface area contributed by atoms with Gasteiger partial charge in [-0.15, -0.1) is 5.92 Å². The van der Waals surface area contributed by atoms with Crippen molar-refractivity contribution in [2.75, 3.05) is 51.0 Å². The Kier molecular flexibility index (Phi) is 8.50. The molecule has 1 amide bonds. The molecule has 2 aromatic heterocycles. The quantitative estimate of drug-likeness (QED) is 0.173. The lowest BCUT2D eigenvalue weighted by Gasteiger charge is -2.34. The van der Waals surface area contributed by atoms with Crippen molar-refractivity contribution < 1.29 is 31.8 Å². The van der Waals surface area contributed by atoms with Crippen molar-refractivity contribution in [1.29, 1.82) is 0 Å². The summed E-state index contributed by atoms with van der Waals surface area (Å²) in [6.45, 7) is 8.73. The smallest absolute Gasteiger partial charge is 0.418 e. The number of ether oxygens (including phenoxy) is 2. The summed E-state index contributed by atoms with van der Waals surface area (Å²) in [4.78, 5) is 28.0. The number of nitrogen functional groups attached to an aromatic ring is 1. The zero-order valence-corrected chi connectivity index (χ0v) is 28.2. The van der Waals surface area contributed by atoms with Crippen molar-refractivity contribution in [3.05, 3.63) is 69.4 Å². The number of fused-ring (bicyclic) bond motifs is 3. The Morgan fingerprint density at radius 1 is 1.22 bits per heavy atom. The van der Waals surface area contributed by atoms with E-state index in [4.69, 9.17) is 25.2 Å². The first-order chi connectivity index (χ1) is 23.8. The van der Waals surface area contributed by atoms with Gasteiger partial charge in [0.25, 0.3) is 5.91 Å². The van der Waals surface area contributed by atoms with Crippen LogP contribution in [-0.2, 0) is 37.0 Å². The molecule has 7 rings (SSSR count). The number of hydrogen-bond donors (Lipinski definition) is 1. The molecule has 0 spiro atoms. The first-order valence-corrected chi connectivity index (χ1v) is 16.5. The van der Waals surface area contributed by atoms with Crippen molar-refractivity contribution >= 4 is 17.4 Å². The fourth-order valence-electron chi connectivity index (χ4n) is 7.71. The normalized spacial score (nSPS) is 21.7. The summed E-state index contributed by atoms with van der Waals surface area (Å²) in [5.74, 6) is 3.97. The first-order valence-electron chi connectivity index (χ1n) is 16.5. The number of amides is 1. The number of rotatable bonds is 6. The van der Waals surface area contributed by atoms with Crippen molar-refractivity contribution in [1.82, 2.24) is 29.5 Å². The average molecular weight is 695 g/mol. The van der Waals surface area contributed by atoms with E-state index in [0.717, 1.165) is 49.7 Å². The van der Waals surface area contributed by atoms with Crippen LogP contribution in [0.1, 0.15) is 76.4 Å². The minimum Gasteiger partial charge on any atom is -0.461 e. The lowest BCUT2D eigenvalue weighted by molar-refractivity contribution is -0.140. The second-order valence-corrected chi connectivity index (χ2v) is 13.6. The molecule has 3 aromatic rings. The Bertz CT molecular complexity index is 1950. The Balaban J connectivity index is 1.27. The lowest BCUT2D eigenvalue weighted by atomic mass is 9.90. The highest BCUT2D eigenvalue weighted by molar-refractivity contribution is 5.92. The predicted octanol–water partition coefficient (Wildman–Crippen LogP) is 4.49. The van der Waals surface area contributed by atoms with Crippen LogP contribution in [-0.4, -0.2) is 81.3 Å². The van der Waals surface area contributed by atoms with Crippen molar-refractivity contribution in [2.45, 2.75) is 70.1 Å². The molecule has 4 aliphatic heterocycles. The van der Waals surface area contributed by atoms with E-state index in [0.29, 0.717) is 49.0 Å².